The Morgan fingerprint density at radius 1 is 1.22 bits per heavy atom. The van der Waals surface area contributed by atoms with Crippen LogP contribution in [-0.4, -0.2) is 29.1 Å². The van der Waals surface area contributed by atoms with Crippen molar-refractivity contribution < 1.29 is 4.79 Å². The molecule has 1 aliphatic heterocycles. The SMILES string of the molecule is O=C(NCCc1cccnc1)Nc1cccc(C2SCCS2)c1. The summed E-state index contributed by atoms with van der Waals surface area (Å²) in [6, 6.07) is 11.9. The Labute approximate surface area is 144 Å². The van der Waals surface area contributed by atoms with E-state index >= 15 is 0 Å². The first-order chi connectivity index (χ1) is 11.3. The van der Waals surface area contributed by atoms with Gasteiger partial charge >= 0.3 is 6.03 Å². The fourth-order valence-electron chi connectivity index (χ4n) is 2.36. The molecule has 23 heavy (non-hydrogen) atoms. The molecule has 6 heteroatoms. The van der Waals surface area contributed by atoms with Crippen molar-refractivity contribution in [3.05, 3.63) is 59.9 Å². The maximum absolute atomic E-state index is 12.0. The number of urea groups is 1. The first-order valence-corrected chi connectivity index (χ1v) is 9.68. The molecule has 0 radical (unpaired) electrons. The van der Waals surface area contributed by atoms with E-state index in [1.807, 2.05) is 54.0 Å². The maximum atomic E-state index is 12.0. The highest BCUT2D eigenvalue weighted by Gasteiger charge is 2.18. The van der Waals surface area contributed by atoms with Gasteiger partial charge in [-0.2, -0.15) is 0 Å². The van der Waals surface area contributed by atoms with Crippen LogP contribution in [0.4, 0.5) is 10.5 Å². The average Bonchev–Trinajstić information content (AvgIpc) is 3.11. The summed E-state index contributed by atoms with van der Waals surface area (Å²) in [7, 11) is 0. The number of rotatable bonds is 5. The molecule has 2 amide bonds. The smallest absolute Gasteiger partial charge is 0.319 e. The van der Waals surface area contributed by atoms with E-state index in [0.717, 1.165) is 17.7 Å². The van der Waals surface area contributed by atoms with Crippen LogP contribution < -0.4 is 10.6 Å². The van der Waals surface area contributed by atoms with Gasteiger partial charge in [-0.3, -0.25) is 4.98 Å². The van der Waals surface area contributed by atoms with Gasteiger partial charge in [-0.05, 0) is 35.7 Å². The normalized spacial score (nSPS) is 14.6. The zero-order valence-electron chi connectivity index (χ0n) is 12.7. The second-order valence-electron chi connectivity index (χ2n) is 5.19. The molecule has 4 nitrogen and oxygen atoms in total. The fraction of sp³-hybridized carbons (Fsp3) is 0.294. The Kier molecular flexibility index (Phi) is 5.82. The van der Waals surface area contributed by atoms with E-state index < -0.39 is 0 Å². The van der Waals surface area contributed by atoms with E-state index in [9.17, 15) is 4.79 Å². The Morgan fingerprint density at radius 2 is 2.09 bits per heavy atom. The van der Waals surface area contributed by atoms with Crippen molar-refractivity contribution >= 4 is 35.2 Å². The summed E-state index contributed by atoms with van der Waals surface area (Å²) in [4.78, 5) is 16.1. The van der Waals surface area contributed by atoms with Crippen LogP contribution in [-0.2, 0) is 6.42 Å². The summed E-state index contributed by atoms with van der Waals surface area (Å²) in [6.45, 7) is 0.589. The molecule has 2 N–H and O–H groups in total. The standard InChI is InChI=1S/C17H19N3OS2/c21-17(19-8-6-13-3-2-7-18-12-13)20-15-5-1-4-14(11-15)16-22-9-10-23-16/h1-5,7,11-12,16H,6,8-10H2,(H2,19,20,21). The van der Waals surface area contributed by atoms with Crippen LogP contribution in [0.5, 0.6) is 0 Å². The second kappa shape index (κ2) is 8.26. The van der Waals surface area contributed by atoms with Gasteiger partial charge in [0.15, 0.2) is 0 Å². The number of hydrogen-bond donors (Lipinski definition) is 2. The van der Waals surface area contributed by atoms with Crippen molar-refractivity contribution in [2.75, 3.05) is 23.4 Å². The van der Waals surface area contributed by atoms with Crippen molar-refractivity contribution in [2.24, 2.45) is 0 Å². The number of nitrogens with one attached hydrogen (secondary N) is 2. The lowest BCUT2D eigenvalue weighted by Crippen LogP contribution is -2.30. The number of thioether (sulfide) groups is 2. The van der Waals surface area contributed by atoms with Crippen molar-refractivity contribution in [3.8, 4) is 0 Å². The summed E-state index contributed by atoms with van der Waals surface area (Å²) in [5, 5.41) is 5.79. The largest absolute Gasteiger partial charge is 0.338 e. The number of nitrogens with zero attached hydrogens (tertiary/aromatic N) is 1. The molecule has 0 saturated carbocycles. The van der Waals surface area contributed by atoms with E-state index in [1.165, 1.54) is 17.1 Å². The summed E-state index contributed by atoms with van der Waals surface area (Å²) in [5.74, 6) is 2.39. The van der Waals surface area contributed by atoms with Crippen molar-refractivity contribution in [1.29, 1.82) is 0 Å². The molecule has 2 aromatic rings. The molecule has 1 aromatic heterocycles. The number of pyridine rings is 1. The molecule has 0 bridgehead atoms. The topological polar surface area (TPSA) is 54.0 Å². The Bertz CT molecular complexity index is 645. The maximum Gasteiger partial charge on any atom is 0.319 e. The zero-order valence-corrected chi connectivity index (χ0v) is 14.3. The van der Waals surface area contributed by atoms with Gasteiger partial charge in [0.1, 0.15) is 0 Å². The summed E-state index contributed by atoms with van der Waals surface area (Å²) >= 11 is 3.93. The lowest BCUT2D eigenvalue weighted by Gasteiger charge is -2.12. The van der Waals surface area contributed by atoms with E-state index in [4.69, 9.17) is 0 Å². The molecular weight excluding hydrogens is 326 g/mol. The number of benzene rings is 1. The average molecular weight is 345 g/mol. The molecule has 0 unspecified atom stereocenters. The molecule has 1 fully saturated rings. The minimum absolute atomic E-state index is 0.169. The van der Waals surface area contributed by atoms with Gasteiger partial charge in [-0.15, -0.1) is 23.5 Å². The van der Waals surface area contributed by atoms with Gasteiger partial charge in [0, 0.05) is 36.1 Å². The monoisotopic (exact) mass is 345 g/mol. The van der Waals surface area contributed by atoms with E-state index in [2.05, 4.69) is 27.8 Å². The zero-order chi connectivity index (χ0) is 15.9. The first-order valence-electron chi connectivity index (χ1n) is 7.58. The molecule has 3 rings (SSSR count). The summed E-state index contributed by atoms with van der Waals surface area (Å²) in [6.07, 6.45) is 4.34. The molecule has 1 saturated heterocycles. The quantitative estimate of drug-likeness (QED) is 0.862. The molecule has 2 heterocycles. The molecule has 0 spiro atoms. The number of amides is 2. The third-order valence-corrected chi connectivity index (χ3v) is 6.56. The molecule has 0 atom stereocenters. The van der Waals surface area contributed by atoms with Gasteiger partial charge < -0.3 is 10.6 Å². The number of anilines is 1. The second-order valence-corrected chi connectivity index (χ2v) is 7.92. The highest BCUT2D eigenvalue weighted by atomic mass is 32.2. The number of carbonyl (C=O) groups excluding carboxylic acids is 1. The van der Waals surface area contributed by atoms with Gasteiger partial charge in [0.05, 0.1) is 4.58 Å². The van der Waals surface area contributed by atoms with Gasteiger partial charge in [-0.1, -0.05) is 18.2 Å². The predicted molar refractivity (Wildman–Crippen MR) is 99.1 cm³/mol. The van der Waals surface area contributed by atoms with Crippen LogP contribution in [0.25, 0.3) is 0 Å². The van der Waals surface area contributed by atoms with Crippen LogP contribution in [0.3, 0.4) is 0 Å². The van der Waals surface area contributed by atoms with E-state index in [1.54, 1.807) is 6.20 Å². The van der Waals surface area contributed by atoms with Gasteiger partial charge in [-0.25, -0.2) is 4.79 Å². The molecular formula is C17H19N3OS2. The third kappa shape index (κ3) is 4.91. The van der Waals surface area contributed by atoms with Gasteiger partial charge in [0.2, 0.25) is 0 Å². The van der Waals surface area contributed by atoms with Crippen molar-refractivity contribution in [3.63, 3.8) is 0 Å². The molecule has 120 valence electrons. The summed E-state index contributed by atoms with van der Waals surface area (Å²) in [5.41, 5.74) is 3.23. The Morgan fingerprint density at radius 3 is 2.87 bits per heavy atom. The number of hydrogen-bond acceptors (Lipinski definition) is 4. The van der Waals surface area contributed by atoms with Crippen LogP contribution in [0.2, 0.25) is 0 Å². The number of aromatic nitrogens is 1. The molecule has 1 aliphatic rings. The fourth-order valence-corrected chi connectivity index (χ4v) is 5.19. The van der Waals surface area contributed by atoms with Crippen molar-refractivity contribution in [2.45, 2.75) is 11.0 Å². The van der Waals surface area contributed by atoms with Crippen LogP contribution in [0.1, 0.15) is 15.7 Å². The first kappa shape index (κ1) is 16.2. The lowest BCUT2D eigenvalue weighted by molar-refractivity contribution is 0.252. The minimum Gasteiger partial charge on any atom is -0.338 e. The van der Waals surface area contributed by atoms with E-state index in [0.29, 0.717) is 11.1 Å². The van der Waals surface area contributed by atoms with Crippen LogP contribution >= 0.6 is 23.5 Å². The third-order valence-electron chi connectivity index (χ3n) is 3.46. The van der Waals surface area contributed by atoms with Gasteiger partial charge in [0.25, 0.3) is 0 Å². The highest BCUT2D eigenvalue weighted by molar-refractivity contribution is 8.19. The Balaban J connectivity index is 1.48. The highest BCUT2D eigenvalue weighted by Crippen LogP contribution is 2.45. The predicted octanol–water partition coefficient (Wildman–Crippen LogP) is 3.92. The lowest BCUT2D eigenvalue weighted by atomic mass is 10.2. The Hall–Kier alpha value is -1.66. The molecule has 1 aromatic carbocycles. The summed E-state index contributed by atoms with van der Waals surface area (Å²) < 4.78 is 0.491. The van der Waals surface area contributed by atoms with Crippen LogP contribution in [0, 0.1) is 0 Å². The van der Waals surface area contributed by atoms with E-state index in [-0.39, 0.29) is 6.03 Å². The van der Waals surface area contributed by atoms with Crippen molar-refractivity contribution in [1.82, 2.24) is 10.3 Å². The molecule has 0 aliphatic carbocycles. The van der Waals surface area contributed by atoms with Crippen LogP contribution in [0.15, 0.2) is 48.8 Å². The minimum atomic E-state index is -0.169. The number of carbonyl (C=O) groups is 1.